The molecule has 4 nitrogen and oxygen atoms in total. The highest BCUT2D eigenvalue weighted by Gasteiger charge is 2.25. The van der Waals surface area contributed by atoms with E-state index in [1.807, 2.05) is 18.2 Å². The maximum Gasteiger partial charge on any atom is 0.347 e. The summed E-state index contributed by atoms with van der Waals surface area (Å²) in [5.41, 5.74) is 0. The lowest BCUT2D eigenvalue weighted by atomic mass is 10.2. The standard InChI is InChI=1S/C12H14O4/c1-2-14-12(13)11-7-8-15-9-5-3-4-6-10(9)16-11/h3-6,11H,2,7-8H2,1H3. The van der Waals surface area contributed by atoms with E-state index < -0.39 is 6.10 Å². The second kappa shape index (κ2) is 4.88. The number of carbonyl (C=O) groups is 1. The molecule has 0 aliphatic carbocycles. The molecule has 0 aromatic heterocycles. The van der Waals surface area contributed by atoms with Gasteiger partial charge in [0.25, 0.3) is 0 Å². The van der Waals surface area contributed by atoms with Crippen LogP contribution in [0.15, 0.2) is 24.3 Å². The number of ether oxygens (including phenoxy) is 3. The third-order valence-electron chi connectivity index (χ3n) is 2.31. The summed E-state index contributed by atoms with van der Waals surface area (Å²) in [6.45, 7) is 2.60. The molecule has 0 saturated heterocycles. The summed E-state index contributed by atoms with van der Waals surface area (Å²) >= 11 is 0. The highest BCUT2D eigenvalue weighted by atomic mass is 16.6. The second-order valence-corrected chi connectivity index (χ2v) is 3.44. The highest BCUT2D eigenvalue weighted by Crippen LogP contribution is 2.30. The maximum absolute atomic E-state index is 11.6. The first kappa shape index (κ1) is 10.8. The minimum Gasteiger partial charge on any atom is -0.490 e. The fourth-order valence-corrected chi connectivity index (χ4v) is 1.56. The second-order valence-electron chi connectivity index (χ2n) is 3.44. The van der Waals surface area contributed by atoms with Crippen molar-refractivity contribution in [3.05, 3.63) is 24.3 Å². The van der Waals surface area contributed by atoms with Crippen LogP contribution in [0.5, 0.6) is 11.5 Å². The molecule has 16 heavy (non-hydrogen) atoms. The van der Waals surface area contributed by atoms with Crippen LogP contribution in [0.1, 0.15) is 13.3 Å². The zero-order chi connectivity index (χ0) is 11.4. The molecule has 1 aromatic rings. The fourth-order valence-electron chi connectivity index (χ4n) is 1.56. The number of hydrogen-bond donors (Lipinski definition) is 0. The van der Waals surface area contributed by atoms with Crippen molar-refractivity contribution < 1.29 is 19.0 Å². The smallest absolute Gasteiger partial charge is 0.347 e. The highest BCUT2D eigenvalue weighted by molar-refractivity contribution is 5.75. The molecule has 86 valence electrons. The van der Waals surface area contributed by atoms with Crippen LogP contribution in [-0.4, -0.2) is 25.3 Å². The molecule has 0 fully saturated rings. The lowest BCUT2D eigenvalue weighted by Crippen LogP contribution is -2.29. The summed E-state index contributed by atoms with van der Waals surface area (Å²) < 4.78 is 16.0. The van der Waals surface area contributed by atoms with Crippen LogP contribution < -0.4 is 9.47 Å². The Bertz CT molecular complexity index is 375. The maximum atomic E-state index is 11.6. The Kier molecular flexibility index (Phi) is 3.29. The van der Waals surface area contributed by atoms with Crippen LogP contribution in [0.25, 0.3) is 0 Å². The molecule has 0 bridgehead atoms. The van der Waals surface area contributed by atoms with Gasteiger partial charge in [0.2, 0.25) is 0 Å². The fraction of sp³-hybridized carbons (Fsp3) is 0.417. The number of hydrogen-bond acceptors (Lipinski definition) is 4. The Hall–Kier alpha value is -1.71. The van der Waals surface area contributed by atoms with Gasteiger partial charge in [-0.1, -0.05) is 12.1 Å². The Balaban J connectivity index is 2.13. The zero-order valence-electron chi connectivity index (χ0n) is 9.14. The van der Waals surface area contributed by atoms with Gasteiger partial charge in [-0.2, -0.15) is 0 Å². The van der Waals surface area contributed by atoms with Crippen LogP contribution in [0.4, 0.5) is 0 Å². The van der Waals surface area contributed by atoms with Crippen molar-refractivity contribution in [3.8, 4) is 11.5 Å². The van der Waals surface area contributed by atoms with Crippen molar-refractivity contribution >= 4 is 5.97 Å². The van der Waals surface area contributed by atoms with E-state index in [2.05, 4.69) is 0 Å². The summed E-state index contributed by atoms with van der Waals surface area (Å²) in [7, 11) is 0. The largest absolute Gasteiger partial charge is 0.490 e. The van der Waals surface area contributed by atoms with Crippen molar-refractivity contribution in [2.75, 3.05) is 13.2 Å². The zero-order valence-corrected chi connectivity index (χ0v) is 9.14. The van der Waals surface area contributed by atoms with Gasteiger partial charge in [0.05, 0.1) is 13.2 Å². The van der Waals surface area contributed by atoms with Crippen molar-refractivity contribution in [1.82, 2.24) is 0 Å². The predicted octanol–water partition coefficient (Wildman–Crippen LogP) is 1.78. The van der Waals surface area contributed by atoms with E-state index in [0.717, 1.165) is 0 Å². The van der Waals surface area contributed by atoms with Gasteiger partial charge in [-0.25, -0.2) is 4.79 Å². The van der Waals surface area contributed by atoms with E-state index >= 15 is 0 Å². The van der Waals surface area contributed by atoms with E-state index in [4.69, 9.17) is 14.2 Å². The topological polar surface area (TPSA) is 44.8 Å². The molecule has 1 aromatic carbocycles. The molecule has 4 heteroatoms. The minimum absolute atomic E-state index is 0.331. The molecule has 1 aliphatic heterocycles. The van der Waals surface area contributed by atoms with E-state index in [1.165, 1.54) is 0 Å². The average Bonchev–Trinajstić information content (AvgIpc) is 2.51. The summed E-state index contributed by atoms with van der Waals surface area (Å²) in [5, 5.41) is 0. The van der Waals surface area contributed by atoms with E-state index in [1.54, 1.807) is 13.0 Å². The van der Waals surface area contributed by atoms with Gasteiger partial charge in [0.15, 0.2) is 17.6 Å². The van der Waals surface area contributed by atoms with Crippen LogP contribution in [-0.2, 0) is 9.53 Å². The van der Waals surface area contributed by atoms with Crippen LogP contribution in [0.3, 0.4) is 0 Å². The molecular weight excluding hydrogens is 208 g/mol. The quantitative estimate of drug-likeness (QED) is 0.715. The number of esters is 1. The third-order valence-corrected chi connectivity index (χ3v) is 2.31. The Morgan fingerprint density at radius 1 is 1.44 bits per heavy atom. The van der Waals surface area contributed by atoms with Gasteiger partial charge in [0, 0.05) is 6.42 Å². The van der Waals surface area contributed by atoms with Crippen molar-refractivity contribution in [1.29, 1.82) is 0 Å². The van der Waals surface area contributed by atoms with Crippen LogP contribution >= 0.6 is 0 Å². The predicted molar refractivity (Wildman–Crippen MR) is 57.6 cm³/mol. The van der Waals surface area contributed by atoms with Gasteiger partial charge in [-0.3, -0.25) is 0 Å². The first-order valence-electron chi connectivity index (χ1n) is 5.36. The molecule has 1 atom stereocenters. The van der Waals surface area contributed by atoms with E-state index in [0.29, 0.717) is 31.1 Å². The van der Waals surface area contributed by atoms with Crippen molar-refractivity contribution in [2.45, 2.75) is 19.4 Å². The van der Waals surface area contributed by atoms with E-state index in [-0.39, 0.29) is 5.97 Å². The van der Waals surface area contributed by atoms with Crippen molar-refractivity contribution in [3.63, 3.8) is 0 Å². The summed E-state index contributed by atoms with van der Waals surface area (Å²) in [6, 6.07) is 7.32. The van der Waals surface area contributed by atoms with Gasteiger partial charge in [-0.05, 0) is 19.1 Å². The normalized spacial score (nSPS) is 18.7. The molecule has 1 unspecified atom stereocenters. The SMILES string of the molecule is CCOC(=O)C1CCOc2ccccc2O1. The first-order valence-corrected chi connectivity index (χ1v) is 5.36. The molecule has 1 heterocycles. The Morgan fingerprint density at radius 2 is 2.19 bits per heavy atom. The lowest BCUT2D eigenvalue weighted by molar-refractivity contribution is -0.151. The molecule has 0 N–H and O–H groups in total. The van der Waals surface area contributed by atoms with Gasteiger partial charge in [0.1, 0.15) is 0 Å². The average molecular weight is 222 g/mol. The molecule has 0 amide bonds. The molecule has 0 spiro atoms. The third kappa shape index (κ3) is 2.27. The van der Waals surface area contributed by atoms with Crippen molar-refractivity contribution in [2.24, 2.45) is 0 Å². The molecule has 0 radical (unpaired) electrons. The number of fused-ring (bicyclic) bond motifs is 1. The first-order chi connectivity index (χ1) is 7.81. The van der Waals surface area contributed by atoms with Gasteiger partial charge < -0.3 is 14.2 Å². The number of para-hydroxylation sites is 2. The molecular formula is C12H14O4. The minimum atomic E-state index is -0.566. The van der Waals surface area contributed by atoms with E-state index in [9.17, 15) is 4.79 Å². The number of carbonyl (C=O) groups excluding carboxylic acids is 1. The van der Waals surface area contributed by atoms with Crippen LogP contribution in [0.2, 0.25) is 0 Å². The summed E-state index contributed by atoms with van der Waals surface area (Å²) in [6.07, 6.45) is -0.0587. The van der Waals surface area contributed by atoms with Gasteiger partial charge >= 0.3 is 5.97 Å². The van der Waals surface area contributed by atoms with Gasteiger partial charge in [-0.15, -0.1) is 0 Å². The molecule has 2 rings (SSSR count). The Labute approximate surface area is 94.1 Å². The van der Waals surface area contributed by atoms with Crippen LogP contribution in [0, 0.1) is 0 Å². The monoisotopic (exact) mass is 222 g/mol. The Morgan fingerprint density at radius 3 is 2.94 bits per heavy atom. The lowest BCUT2D eigenvalue weighted by Gasteiger charge is -2.14. The molecule has 0 saturated carbocycles. The number of benzene rings is 1. The molecule has 1 aliphatic rings. The summed E-state index contributed by atoms with van der Waals surface area (Å²) in [5.74, 6) is 0.940. The number of rotatable bonds is 2. The summed E-state index contributed by atoms with van der Waals surface area (Å²) in [4.78, 5) is 11.6.